The number of allylic oxidation sites excluding steroid dienone is 1. The van der Waals surface area contributed by atoms with E-state index < -0.39 is 17.8 Å². The van der Waals surface area contributed by atoms with Crippen molar-refractivity contribution in [2.75, 3.05) is 26.1 Å². The Kier molecular flexibility index (Phi) is 9.26. The number of rotatable bonds is 9. The topological polar surface area (TPSA) is 127 Å². The summed E-state index contributed by atoms with van der Waals surface area (Å²) in [5, 5.41) is 5.09. The van der Waals surface area contributed by atoms with E-state index in [9.17, 15) is 19.2 Å². The molecule has 1 aromatic heterocycles. The predicted molar refractivity (Wildman–Crippen MR) is 156 cm³/mol. The van der Waals surface area contributed by atoms with E-state index in [1.54, 1.807) is 43.2 Å². The minimum absolute atomic E-state index is 0.0526. The van der Waals surface area contributed by atoms with E-state index in [2.05, 4.69) is 10.6 Å². The van der Waals surface area contributed by atoms with Gasteiger partial charge < -0.3 is 29.4 Å². The van der Waals surface area contributed by atoms with Gasteiger partial charge in [0.2, 0.25) is 0 Å². The number of benzene rings is 2. The number of methoxy groups -OCH3 is 2. The molecule has 0 spiro atoms. The van der Waals surface area contributed by atoms with Crippen LogP contribution in [0, 0.1) is 13.8 Å². The summed E-state index contributed by atoms with van der Waals surface area (Å²) >= 11 is 0. The number of amides is 3. The molecule has 4 rings (SSSR count). The molecule has 0 atom stereocenters. The van der Waals surface area contributed by atoms with Crippen LogP contribution in [0.4, 0.5) is 5.69 Å². The van der Waals surface area contributed by atoms with Gasteiger partial charge in [-0.25, -0.2) is 4.79 Å². The van der Waals surface area contributed by atoms with Crippen molar-refractivity contribution < 1.29 is 33.1 Å². The Bertz CT molecular complexity index is 1580. The second kappa shape index (κ2) is 13.0. The summed E-state index contributed by atoms with van der Waals surface area (Å²) in [4.78, 5) is 52.2. The number of carbonyl (C=O) groups is 4. The van der Waals surface area contributed by atoms with Crippen LogP contribution in [0.15, 0.2) is 75.9 Å². The van der Waals surface area contributed by atoms with Crippen molar-refractivity contribution in [1.82, 2.24) is 10.2 Å². The number of furan rings is 1. The maximum atomic E-state index is 13.4. The van der Waals surface area contributed by atoms with Crippen molar-refractivity contribution in [3.63, 3.8) is 0 Å². The average molecular weight is 572 g/mol. The van der Waals surface area contributed by atoms with E-state index in [4.69, 9.17) is 13.9 Å². The van der Waals surface area contributed by atoms with Crippen molar-refractivity contribution in [2.24, 2.45) is 0 Å². The maximum Gasteiger partial charge on any atom is 0.340 e. The molecule has 0 aliphatic carbocycles. The van der Waals surface area contributed by atoms with E-state index in [0.29, 0.717) is 35.9 Å². The van der Waals surface area contributed by atoms with E-state index in [1.807, 2.05) is 44.2 Å². The van der Waals surface area contributed by atoms with Crippen LogP contribution in [0.3, 0.4) is 0 Å². The second-order valence-corrected chi connectivity index (χ2v) is 9.80. The van der Waals surface area contributed by atoms with E-state index >= 15 is 0 Å². The van der Waals surface area contributed by atoms with Gasteiger partial charge in [0.25, 0.3) is 5.91 Å². The van der Waals surface area contributed by atoms with Gasteiger partial charge in [0, 0.05) is 17.9 Å². The van der Waals surface area contributed by atoms with Crippen molar-refractivity contribution in [1.29, 1.82) is 0 Å². The molecule has 3 aromatic rings. The Labute approximate surface area is 244 Å². The van der Waals surface area contributed by atoms with Crippen molar-refractivity contribution in [2.45, 2.75) is 33.7 Å². The number of anilines is 1. The molecule has 218 valence electrons. The normalized spacial score (nSPS) is 13.9. The number of hydrogen-bond donors (Lipinski definition) is 2. The zero-order valence-corrected chi connectivity index (χ0v) is 24.2. The Morgan fingerprint density at radius 3 is 2.33 bits per heavy atom. The lowest BCUT2D eigenvalue weighted by molar-refractivity contribution is -0.136. The van der Waals surface area contributed by atoms with Gasteiger partial charge in [0.15, 0.2) is 0 Å². The quantitative estimate of drug-likeness (QED) is 0.225. The SMILES string of the molecule is COC(=O)C1=C(C)N(CCc2ccc(OC)cc2)C(=O)/C1=C/c1ccc(CNC(=O)C(=O)Nc2ccc(C)c(C)c2)o1. The fraction of sp³-hybridized carbons (Fsp3) is 0.250. The largest absolute Gasteiger partial charge is 0.497 e. The summed E-state index contributed by atoms with van der Waals surface area (Å²) < 4.78 is 15.9. The number of ether oxygens (including phenoxy) is 2. The molecule has 2 N–H and O–H groups in total. The third-order valence-electron chi connectivity index (χ3n) is 7.05. The van der Waals surface area contributed by atoms with Crippen molar-refractivity contribution in [3.8, 4) is 5.75 Å². The monoisotopic (exact) mass is 571 g/mol. The molecule has 1 aliphatic rings. The molecule has 3 amide bonds. The van der Waals surface area contributed by atoms with Gasteiger partial charge in [0.1, 0.15) is 17.3 Å². The van der Waals surface area contributed by atoms with Crippen molar-refractivity contribution >= 4 is 35.5 Å². The highest BCUT2D eigenvalue weighted by molar-refractivity contribution is 6.39. The highest BCUT2D eigenvalue weighted by Crippen LogP contribution is 2.32. The molecule has 0 radical (unpaired) electrons. The fourth-order valence-corrected chi connectivity index (χ4v) is 4.49. The molecule has 10 nitrogen and oxygen atoms in total. The second-order valence-electron chi connectivity index (χ2n) is 9.80. The predicted octanol–water partition coefficient (Wildman–Crippen LogP) is 4.08. The number of esters is 1. The first-order valence-corrected chi connectivity index (χ1v) is 13.3. The van der Waals surface area contributed by atoms with Crippen molar-refractivity contribution in [3.05, 3.63) is 99.7 Å². The zero-order chi connectivity index (χ0) is 30.4. The molecule has 2 heterocycles. The van der Waals surface area contributed by atoms with E-state index in [0.717, 1.165) is 22.4 Å². The van der Waals surface area contributed by atoms with Crippen LogP contribution in [-0.2, 0) is 36.9 Å². The molecule has 0 unspecified atom stereocenters. The van der Waals surface area contributed by atoms with Crippen LogP contribution < -0.4 is 15.4 Å². The number of aryl methyl sites for hydroxylation is 2. The summed E-state index contributed by atoms with van der Waals surface area (Å²) in [5.41, 5.74) is 4.39. The third kappa shape index (κ3) is 6.77. The van der Waals surface area contributed by atoms with Gasteiger partial charge in [-0.15, -0.1) is 0 Å². The Hall–Kier alpha value is -5.12. The van der Waals surface area contributed by atoms with Gasteiger partial charge in [-0.05, 0) is 86.4 Å². The molecule has 2 aromatic carbocycles. The first kappa shape index (κ1) is 29.9. The first-order valence-electron chi connectivity index (χ1n) is 13.3. The molecular formula is C32H33N3O7. The van der Waals surface area contributed by atoms with Gasteiger partial charge in [-0.1, -0.05) is 18.2 Å². The Balaban J connectivity index is 1.42. The highest BCUT2D eigenvalue weighted by atomic mass is 16.5. The summed E-state index contributed by atoms with van der Waals surface area (Å²) in [6.07, 6.45) is 2.04. The minimum atomic E-state index is -0.824. The zero-order valence-electron chi connectivity index (χ0n) is 24.2. The van der Waals surface area contributed by atoms with E-state index in [1.165, 1.54) is 13.2 Å². The van der Waals surface area contributed by atoms with Gasteiger partial charge in [-0.3, -0.25) is 14.4 Å². The lowest BCUT2D eigenvalue weighted by atomic mass is 10.1. The van der Waals surface area contributed by atoms with Gasteiger partial charge in [-0.2, -0.15) is 0 Å². The molecular weight excluding hydrogens is 538 g/mol. The van der Waals surface area contributed by atoms with Crippen LogP contribution in [0.1, 0.15) is 35.1 Å². The van der Waals surface area contributed by atoms with Gasteiger partial charge in [0.05, 0.1) is 31.9 Å². The molecule has 1 aliphatic heterocycles. The van der Waals surface area contributed by atoms with Crippen LogP contribution in [0.2, 0.25) is 0 Å². The number of carbonyl (C=O) groups excluding carboxylic acids is 4. The minimum Gasteiger partial charge on any atom is -0.497 e. The van der Waals surface area contributed by atoms with Crippen LogP contribution in [-0.4, -0.2) is 49.4 Å². The van der Waals surface area contributed by atoms with Crippen LogP contribution in [0.5, 0.6) is 5.75 Å². The summed E-state index contributed by atoms with van der Waals surface area (Å²) in [5.74, 6) is -1.22. The maximum absolute atomic E-state index is 13.4. The Morgan fingerprint density at radius 2 is 1.67 bits per heavy atom. The summed E-state index contributed by atoms with van der Waals surface area (Å²) in [6.45, 7) is 5.87. The number of hydrogen-bond acceptors (Lipinski definition) is 7. The van der Waals surface area contributed by atoms with E-state index in [-0.39, 0.29) is 23.6 Å². The molecule has 42 heavy (non-hydrogen) atoms. The first-order chi connectivity index (χ1) is 20.1. The molecule has 10 heteroatoms. The molecule has 0 fully saturated rings. The molecule has 0 saturated carbocycles. The Morgan fingerprint density at radius 1 is 0.929 bits per heavy atom. The third-order valence-corrected chi connectivity index (χ3v) is 7.05. The standard InChI is InChI=1S/C32H33N3O7/c1-19-6-9-23(16-20(19)2)34-30(37)29(36)33-18-26-13-12-25(42-26)17-27-28(32(39)41-5)21(3)35(31(27)38)15-14-22-7-10-24(40-4)11-8-22/h6-13,16-17H,14-15,18H2,1-5H3,(H,33,36)(H,34,37)/b27-17+. The summed E-state index contributed by atoms with van der Waals surface area (Å²) in [7, 11) is 2.85. The molecule has 0 saturated heterocycles. The fourth-order valence-electron chi connectivity index (χ4n) is 4.49. The lowest BCUT2D eigenvalue weighted by Crippen LogP contribution is -2.34. The van der Waals surface area contributed by atoms with Gasteiger partial charge >= 0.3 is 17.8 Å². The summed E-state index contributed by atoms with van der Waals surface area (Å²) in [6, 6.07) is 16.1. The average Bonchev–Trinajstić information content (AvgIpc) is 3.53. The number of nitrogens with one attached hydrogen (secondary N) is 2. The van der Waals surface area contributed by atoms with Crippen LogP contribution >= 0.6 is 0 Å². The van der Waals surface area contributed by atoms with Crippen LogP contribution in [0.25, 0.3) is 6.08 Å². The lowest BCUT2D eigenvalue weighted by Gasteiger charge is -2.17. The highest BCUT2D eigenvalue weighted by Gasteiger charge is 2.37. The molecule has 0 bridgehead atoms. The number of nitrogens with zero attached hydrogens (tertiary/aromatic N) is 1. The smallest absolute Gasteiger partial charge is 0.340 e.